The van der Waals surface area contributed by atoms with Gasteiger partial charge in [0.1, 0.15) is 0 Å². The van der Waals surface area contributed by atoms with E-state index in [1.165, 1.54) is 25.7 Å². The van der Waals surface area contributed by atoms with Crippen LogP contribution < -0.4 is 15.8 Å². The van der Waals surface area contributed by atoms with Crippen LogP contribution in [0.3, 0.4) is 0 Å². The Bertz CT molecular complexity index is 505. The minimum absolute atomic E-state index is 0.0211. The molecule has 1 aliphatic heterocycles. The second-order valence-corrected chi connectivity index (χ2v) is 5.81. The van der Waals surface area contributed by atoms with Crippen molar-refractivity contribution >= 4 is 5.69 Å². The molecule has 1 aliphatic carbocycles. The van der Waals surface area contributed by atoms with E-state index in [4.69, 9.17) is 4.74 Å². The van der Waals surface area contributed by atoms with E-state index in [0.29, 0.717) is 25.8 Å². The molecule has 1 saturated heterocycles. The third-order valence-corrected chi connectivity index (χ3v) is 4.34. The number of morpholine rings is 1. The highest BCUT2D eigenvalue weighted by Crippen LogP contribution is 2.17. The van der Waals surface area contributed by atoms with Gasteiger partial charge in [-0.25, -0.2) is 4.68 Å². The fraction of sp³-hybridized carbons (Fsp3) is 0.733. The summed E-state index contributed by atoms with van der Waals surface area (Å²) in [6.07, 6.45) is 6.97. The lowest BCUT2D eigenvalue weighted by Crippen LogP contribution is -2.38. The normalized spacial score (nSPS) is 20.1. The van der Waals surface area contributed by atoms with Gasteiger partial charge in [0.05, 0.1) is 31.6 Å². The van der Waals surface area contributed by atoms with Crippen LogP contribution in [0, 0.1) is 0 Å². The SMILES string of the molecule is O=c1cc(N2CCOCC2)cnn1CCNC1CCCC1. The molecule has 1 saturated carbocycles. The fourth-order valence-corrected chi connectivity index (χ4v) is 3.09. The van der Waals surface area contributed by atoms with Gasteiger partial charge in [0.25, 0.3) is 5.56 Å². The van der Waals surface area contributed by atoms with E-state index >= 15 is 0 Å². The van der Waals surface area contributed by atoms with Crippen molar-refractivity contribution in [3.05, 3.63) is 22.6 Å². The van der Waals surface area contributed by atoms with Crippen LogP contribution in [0.2, 0.25) is 0 Å². The highest BCUT2D eigenvalue weighted by molar-refractivity contribution is 5.43. The largest absolute Gasteiger partial charge is 0.378 e. The van der Waals surface area contributed by atoms with Gasteiger partial charge in [0, 0.05) is 31.7 Å². The fourth-order valence-electron chi connectivity index (χ4n) is 3.09. The van der Waals surface area contributed by atoms with Crippen molar-refractivity contribution in [2.75, 3.05) is 37.7 Å². The van der Waals surface area contributed by atoms with Crippen LogP contribution in [0.25, 0.3) is 0 Å². The molecule has 0 bridgehead atoms. The molecule has 2 aliphatic rings. The Morgan fingerprint density at radius 2 is 2.05 bits per heavy atom. The first kappa shape index (κ1) is 14.5. The molecule has 0 unspecified atom stereocenters. The molecule has 0 amide bonds. The van der Waals surface area contributed by atoms with Gasteiger partial charge >= 0.3 is 0 Å². The van der Waals surface area contributed by atoms with Crippen LogP contribution in [0.5, 0.6) is 0 Å². The maximum absolute atomic E-state index is 12.1. The van der Waals surface area contributed by atoms with E-state index in [1.54, 1.807) is 16.9 Å². The van der Waals surface area contributed by atoms with Crippen LogP contribution >= 0.6 is 0 Å². The summed E-state index contributed by atoms with van der Waals surface area (Å²) in [5.41, 5.74) is 0.885. The predicted octanol–water partition coefficient (Wildman–Crippen LogP) is 0.612. The molecule has 6 nitrogen and oxygen atoms in total. The molecule has 0 spiro atoms. The monoisotopic (exact) mass is 292 g/mol. The summed E-state index contributed by atoms with van der Waals surface area (Å²) in [4.78, 5) is 14.3. The lowest BCUT2D eigenvalue weighted by Gasteiger charge is -2.28. The predicted molar refractivity (Wildman–Crippen MR) is 81.8 cm³/mol. The lowest BCUT2D eigenvalue weighted by atomic mass is 10.2. The van der Waals surface area contributed by atoms with Crippen LogP contribution in [0.1, 0.15) is 25.7 Å². The summed E-state index contributed by atoms with van der Waals surface area (Å²) >= 11 is 0. The summed E-state index contributed by atoms with van der Waals surface area (Å²) in [7, 11) is 0. The van der Waals surface area contributed by atoms with Crippen molar-refractivity contribution in [2.24, 2.45) is 0 Å². The van der Waals surface area contributed by atoms with Crippen LogP contribution in [-0.2, 0) is 11.3 Å². The third kappa shape index (κ3) is 3.83. The summed E-state index contributed by atoms with van der Waals surface area (Å²) in [6, 6.07) is 2.32. The maximum atomic E-state index is 12.1. The molecule has 2 heterocycles. The first-order chi connectivity index (χ1) is 10.3. The number of nitrogens with zero attached hydrogens (tertiary/aromatic N) is 3. The molecule has 2 fully saturated rings. The molecular weight excluding hydrogens is 268 g/mol. The number of aromatic nitrogens is 2. The Hall–Kier alpha value is -1.40. The number of hydrogen-bond donors (Lipinski definition) is 1. The van der Waals surface area contributed by atoms with E-state index in [2.05, 4.69) is 15.3 Å². The summed E-state index contributed by atoms with van der Waals surface area (Å²) in [5, 5.41) is 7.81. The Balaban J connectivity index is 1.54. The maximum Gasteiger partial charge on any atom is 0.268 e. The van der Waals surface area contributed by atoms with Gasteiger partial charge in [0.2, 0.25) is 0 Å². The molecular formula is C15H24N4O2. The second-order valence-electron chi connectivity index (χ2n) is 5.81. The number of hydrogen-bond acceptors (Lipinski definition) is 5. The summed E-state index contributed by atoms with van der Waals surface area (Å²) in [5.74, 6) is 0. The standard InChI is InChI=1S/C15H24N4O2/c20-15-11-14(18-7-9-21-10-8-18)12-17-19(15)6-5-16-13-3-1-2-4-13/h11-13,16H,1-10H2. The number of anilines is 1. The molecule has 0 atom stereocenters. The third-order valence-electron chi connectivity index (χ3n) is 4.34. The van der Waals surface area contributed by atoms with Crippen molar-refractivity contribution < 1.29 is 4.74 Å². The van der Waals surface area contributed by atoms with E-state index < -0.39 is 0 Å². The van der Waals surface area contributed by atoms with Crippen LogP contribution in [0.15, 0.2) is 17.1 Å². The zero-order valence-corrected chi connectivity index (χ0v) is 12.5. The molecule has 1 N–H and O–H groups in total. The molecule has 0 aromatic carbocycles. The summed E-state index contributed by atoms with van der Waals surface area (Å²) < 4.78 is 6.87. The van der Waals surface area contributed by atoms with Crippen molar-refractivity contribution in [2.45, 2.75) is 38.3 Å². The van der Waals surface area contributed by atoms with Gasteiger partial charge in [-0.1, -0.05) is 12.8 Å². The lowest BCUT2D eigenvalue weighted by molar-refractivity contribution is 0.122. The minimum Gasteiger partial charge on any atom is -0.378 e. The molecule has 1 aromatic heterocycles. The van der Waals surface area contributed by atoms with Gasteiger partial charge < -0.3 is 15.0 Å². The average Bonchev–Trinajstić information content (AvgIpc) is 3.03. The quantitative estimate of drug-likeness (QED) is 0.862. The van der Waals surface area contributed by atoms with Crippen molar-refractivity contribution in [1.82, 2.24) is 15.1 Å². The van der Waals surface area contributed by atoms with E-state index in [9.17, 15) is 4.79 Å². The van der Waals surface area contributed by atoms with Crippen molar-refractivity contribution in [3.8, 4) is 0 Å². The van der Waals surface area contributed by atoms with Gasteiger partial charge in [-0.2, -0.15) is 5.10 Å². The number of rotatable bonds is 5. The van der Waals surface area contributed by atoms with Crippen molar-refractivity contribution in [1.29, 1.82) is 0 Å². The van der Waals surface area contributed by atoms with Crippen LogP contribution in [0.4, 0.5) is 5.69 Å². The van der Waals surface area contributed by atoms with Crippen molar-refractivity contribution in [3.63, 3.8) is 0 Å². The first-order valence-corrected chi connectivity index (χ1v) is 7.96. The van der Waals surface area contributed by atoms with Gasteiger partial charge in [-0.15, -0.1) is 0 Å². The molecule has 3 rings (SSSR count). The minimum atomic E-state index is -0.0211. The second kappa shape index (κ2) is 7.04. The topological polar surface area (TPSA) is 59.4 Å². The smallest absolute Gasteiger partial charge is 0.268 e. The Labute approximate surface area is 125 Å². The van der Waals surface area contributed by atoms with E-state index in [0.717, 1.165) is 25.3 Å². The summed E-state index contributed by atoms with van der Waals surface area (Å²) in [6.45, 7) is 4.54. The van der Waals surface area contributed by atoms with E-state index in [1.807, 2.05) is 0 Å². The molecule has 1 aromatic rings. The number of nitrogens with one attached hydrogen (secondary N) is 1. The zero-order valence-electron chi connectivity index (χ0n) is 12.5. The Morgan fingerprint density at radius 3 is 2.76 bits per heavy atom. The Kier molecular flexibility index (Phi) is 4.87. The van der Waals surface area contributed by atoms with Crippen LogP contribution in [-0.4, -0.2) is 48.7 Å². The van der Waals surface area contributed by atoms with E-state index in [-0.39, 0.29) is 5.56 Å². The van der Waals surface area contributed by atoms with Gasteiger partial charge in [-0.05, 0) is 12.8 Å². The molecule has 6 heteroatoms. The average molecular weight is 292 g/mol. The molecule has 0 radical (unpaired) electrons. The molecule has 116 valence electrons. The van der Waals surface area contributed by atoms with Gasteiger partial charge in [0.15, 0.2) is 0 Å². The highest BCUT2D eigenvalue weighted by Gasteiger charge is 2.14. The van der Waals surface area contributed by atoms with Gasteiger partial charge in [-0.3, -0.25) is 4.79 Å². The highest BCUT2D eigenvalue weighted by atomic mass is 16.5. The first-order valence-electron chi connectivity index (χ1n) is 7.96. The Morgan fingerprint density at radius 1 is 1.29 bits per heavy atom. The molecule has 21 heavy (non-hydrogen) atoms. The number of ether oxygens (including phenoxy) is 1. The zero-order chi connectivity index (χ0) is 14.5.